The van der Waals surface area contributed by atoms with Gasteiger partial charge in [-0.1, -0.05) is 0 Å². The molecule has 15 heavy (non-hydrogen) atoms. The van der Waals surface area contributed by atoms with Gasteiger partial charge in [-0.05, 0) is 12.3 Å². The van der Waals surface area contributed by atoms with Crippen LogP contribution < -0.4 is 10.2 Å². The molecule has 0 bridgehead atoms. The molecule has 0 aliphatic heterocycles. The van der Waals surface area contributed by atoms with Crippen molar-refractivity contribution >= 4 is 24.3 Å². The first-order valence-corrected chi connectivity index (χ1v) is 5.21. The van der Waals surface area contributed by atoms with E-state index in [0.29, 0.717) is 0 Å². The van der Waals surface area contributed by atoms with E-state index in [0.717, 1.165) is 11.8 Å². The van der Waals surface area contributed by atoms with Crippen molar-refractivity contribution in [3.05, 3.63) is 17.7 Å². The molecule has 0 amide bonds. The summed E-state index contributed by atoms with van der Waals surface area (Å²) in [5.74, 6) is -2.29. The van der Waals surface area contributed by atoms with Gasteiger partial charge in [-0.25, -0.2) is 8.78 Å². The molecule has 1 rings (SSSR count). The van der Waals surface area contributed by atoms with Gasteiger partial charge in [0.15, 0.2) is 11.6 Å². The lowest BCUT2D eigenvalue weighted by atomic mass is 9.79. The van der Waals surface area contributed by atoms with Crippen LogP contribution in [0.3, 0.4) is 0 Å². The van der Waals surface area contributed by atoms with Gasteiger partial charge in [0.1, 0.15) is 5.82 Å². The summed E-state index contributed by atoms with van der Waals surface area (Å²) in [5.41, 5.74) is -0.793. The predicted octanol–water partition coefficient (Wildman–Crippen LogP) is 0.375. The fourth-order valence-corrected chi connectivity index (χ4v) is 1.65. The fraction of sp³-hybridized carbons (Fsp3) is 0.250. The van der Waals surface area contributed by atoms with E-state index in [2.05, 4.69) is 4.74 Å². The highest BCUT2D eigenvalue weighted by Gasteiger charge is 2.27. The maximum atomic E-state index is 13.5. The second-order valence-electron chi connectivity index (χ2n) is 2.70. The summed E-state index contributed by atoms with van der Waals surface area (Å²) in [6.45, 7) is 0. The molecule has 1 aromatic rings. The molecule has 2 N–H and O–H groups in total. The third-order valence-corrected chi connectivity index (χ3v) is 2.60. The van der Waals surface area contributed by atoms with E-state index in [1.807, 2.05) is 0 Å². The number of thioether (sulfide) groups is 1. The van der Waals surface area contributed by atoms with Crippen LogP contribution in [0.15, 0.2) is 11.0 Å². The van der Waals surface area contributed by atoms with Crippen LogP contribution in [0.1, 0.15) is 0 Å². The lowest BCUT2D eigenvalue weighted by Gasteiger charge is -2.11. The summed E-state index contributed by atoms with van der Waals surface area (Å²) in [5, 5.41) is 17.7. The molecule has 7 heteroatoms. The second kappa shape index (κ2) is 4.83. The molecule has 0 saturated heterocycles. The predicted molar refractivity (Wildman–Crippen MR) is 54.5 cm³/mol. The third kappa shape index (κ3) is 2.24. The summed E-state index contributed by atoms with van der Waals surface area (Å²) in [6.07, 6.45) is 1.59. The van der Waals surface area contributed by atoms with E-state index in [1.165, 1.54) is 13.2 Å². The van der Waals surface area contributed by atoms with Crippen LogP contribution in [0.4, 0.5) is 8.78 Å². The van der Waals surface area contributed by atoms with Crippen molar-refractivity contribution in [2.45, 2.75) is 4.90 Å². The van der Waals surface area contributed by atoms with E-state index in [9.17, 15) is 8.78 Å². The molecular formula is C8H9BF2O3S. The van der Waals surface area contributed by atoms with Gasteiger partial charge in [0.2, 0.25) is 0 Å². The molecule has 82 valence electrons. The van der Waals surface area contributed by atoms with Crippen molar-refractivity contribution < 1.29 is 23.6 Å². The molecule has 0 unspecified atom stereocenters. The fourth-order valence-electron chi connectivity index (χ4n) is 1.13. The van der Waals surface area contributed by atoms with E-state index >= 15 is 0 Å². The topological polar surface area (TPSA) is 49.7 Å². The Morgan fingerprint density at radius 2 is 1.93 bits per heavy atom. The Labute approximate surface area is 90.2 Å². The van der Waals surface area contributed by atoms with Gasteiger partial charge in [-0.3, -0.25) is 0 Å². The molecule has 3 nitrogen and oxygen atoms in total. The van der Waals surface area contributed by atoms with Gasteiger partial charge < -0.3 is 14.8 Å². The lowest BCUT2D eigenvalue weighted by molar-refractivity contribution is 0.378. The molecule has 0 spiro atoms. The van der Waals surface area contributed by atoms with E-state index in [4.69, 9.17) is 10.0 Å². The number of halogens is 2. The van der Waals surface area contributed by atoms with Crippen LogP contribution in [0, 0.1) is 11.6 Å². The first kappa shape index (κ1) is 12.3. The molecule has 0 heterocycles. The molecule has 0 aromatic heterocycles. The maximum Gasteiger partial charge on any atom is 0.494 e. The minimum atomic E-state index is -2.20. The van der Waals surface area contributed by atoms with Crippen LogP contribution in [0.5, 0.6) is 5.75 Å². The van der Waals surface area contributed by atoms with Crippen LogP contribution in [0.2, 0.25) is 0 Å². The maximum absolute atomic E-state index is 13.5. The Balaban J connectivity index is 3.46. The van der Waals surface area contributed by atoms with Crippen molar-refractivity contribution in [3.8, 4) is 5.75 Å². The largest absolute Gasteiger partial charge is 0.494 e. The van der Waals surface area contributed by atoms with E-state index < -0.39 is 24.2 Å². The summed E-state index contributed by atoms with van der Waals surface area (Å²) in [4.78, 5) is 0.0938. The van der Waals surface area contributed by atoms with Crippen molar-refractivity contribution in [2.24, 2.45) is 0 Å². The van der Waals surface area contributed by atoms with Crippen molar-refractivity contribution in [2.75, 3.05) is 13.4 Å². The minimum absolute atomic E-state index is 0.0938. The number of ether oxygens (including phenoxy) is 1. The Bertz CT molecular complexity index is 345. The smallest absolute Gasteiger partial charge is 0.494 e. The van der Waals surface area contributed by atoms with Crippen LogP contribution in [-0.2, 0) is 0 Å². The van der Waals surface area contributed by atoms with Gasteiger partial charge >= 0.3 is 7.12 Å². The first-order chi connectivity index (χ1) is 7.02. The highest BCUT2D eigenvalue weighted by molar-refractivity contribution is 7.98. The zero-order chi connectivity index (χ0) is 11.6. The molecule has 0 saturated carbocycles. The lowest BCUT2D eigenvalue weighted by Crippen LogP contribution is -2.36. The highest BCUT2D eigenvalue weighted by Crippen LogP contribution is 2.26. The number of benzene rings is 1. The summed E-state index contributed by atoms with van der Waals surface area (Å²) in [7, 11) is -0.987. The van der Waals surface area contributed by atoms with Crippen LogP contribution >= 0.6 is 11.8 Å². The molecule has 1 aromatic carbocycles. The van der Waals surface area contributed by atoms with Gasteiger partial charge in [0.05, 0.1) is 12.6 Å². The summed E-state index contributed by atoms with van der Waals surface area (Å²) >= 11 is 1.02. The zero-order valence-corrected chi connectivity index (χ0v) is 8.94. The monoisotopic (exact) mass is 234 g/mol. The van der Waals surface area contributed by atoms with Crippen molar-refractivity contribution in [3.63, 3.8) is 0 Å². The van der Waals surface area contributed by atoms with Gasteiger partial charge in [-0.15, -0.1) is 11.8 Å². The number of methoxy groups -OCH3 is 1. The Hall–Kier alpha value is -0.785. The standard InChI is InChI=1S/C8H9BF2O3S/c1-14-4-3-5(15-2)8(11)6(7(4)10)9(12)13/h3,12-13H,1-2H3. The van der Waals surface area contributed by atoms with Gasteiger partial charge in [0.25, 0.3) is 0 Å². The Morgan fingerprint density at radius 3 is 2.33 bits per heavy atom. The molecule has 0 radical (unpaired) electrons. The highest BCUT2D eigenvalue weighted by atomic mass is 32.2. The molecule has 0 aliphatic rings. The SMILES string of the molecule is COc1cc(SC)c(F)c(B(O)O)c1F. The summed E-state index contributed by atoms with van der Waals surface area (Å²) < 4.78 is 31.5. The number of hydrogen-bond donors (Lipinski definition) is 2. The summed E-state index contributed by atoms with van der Waals surface area (Å²) in [6, 6.07) is 1.17. The Morgan fingerprint density at radius 1 is 1.33 bits per heavy atom. The molecule has 0 fully saturated rings. The second-order valence-corrected chi connectivity index (χ2v) is 3.54. The third-order valence-electron chi connectivity index (χ3n) is 1.87. The van der Waals surface area contributed by atoms with Crippen molar-refractivity contribution in [1.82, 2.24) is 0 Å². The normalized spacial score (nSPS) is 10.3. The first-order valence-electron chi connectivity index (χ1n) is 3.99. The molecular weight excluding hydrogens is 225 g/mol. The van der Waals surface area contributed by atoms with Crippen LogP contribution in [-0.4, -0.2) is 30.5 Å². The molecule has 0 aliphatic carbocycles. The van der Waals surface area contributed by atoms with Crippen LogP contribution in [0.25, 0.3) is 0 Å². The average Bonchev–Trinajstić information content (AvgIpc) is 2.18. The van der Waals surface area contributed by atoms with Crippen molar-refractivity contribution in [1.29, 1.82) is 0 Å². The zero-order valence-electron chi connectivity index (χ0n) is 8.12. The number of hydrogen-bond acceptors (Lipinski definition) is 4. The molecule has 0 atom stereocenters. The van der Waals surface area contributed by atoms with E-state index in [-0.39, 0.29) is 10.6 Å². The minimum Gasteiger partial charge on any atom is -0.494 e. The van der Waals surface area contributed by atoms with Gasteiger partial charge in [-0.2, -0.15) is 0 Å². The average molecular weight is 234 g/mol. The van der Waals surface area contributed by atoms with Gasteiger partial charge in [0, 0.05) is 4.90 Å². The number of rotatable bonds is 3. The van der Waals surface area contributed by atoms with E-state index in [1.54, 1.807) is 6.26 Å². The quantitative estimate of drug-likeness (QED) is 0.586. The Kier molecular flexibility index (Phi) is 3.95.